The van der Waals surface area contributed by atoms with Crippen molar-refractivity contribution < 1.29 is 17.9 Å². The molecule has 0 bridgehead atoms. The van der Waals surface area contributed by atoms with Crippen LogP contribution in [0.1, 0.15) is 11.1 Å². The summed E-state index contributed by atoms with van der Waals surface area (Å²) in [6, 6.07) is 6.28. The van der Waals surface area contributed by atoms with Crippen LogP contribution in [0.4, 0.5) is 13.2 Å². The SMILES string of the molecule is N#Cc1ccc(Oc2cncc(Br)c2)c(C(F)(F)F)c1. The molecule has 0 amide bonds. The molecule has 0 aliphatic rings. The van der Waals surface area contributed by atoms with Crippen LogP contribution in [0.5, 0.6) is 11.5 Å². The highest BCUT2D eigenvalue weighted by Crippen LogP contribution is 2.38. The van der Waals surface area contributed by atoms with Gasteiger partial charge in [-0.1, -0.05) is 0 Å². The summed E-state index contributed by atoms with van der Waals surface area (Å²) in [7, 11) is 0. The molecule has 2 rings (SSSR count). The Bertz CT molecular complexity index is 680. The Balaban J connectivity index is 2.44. The van der Waals surface area contributed by atoms with E-state index in [0.29, 0.717) is 4.47 Å². The summed E-state index contributed by atoms with van der Waals surface area (Å²) in [5.74, 6) is -0.217. The zero-order valence-electron chi connectivity index (χ0n) is 9.78. The van der Waals surface area contributed by atoms with Gasteiger partial charge in [-0.15, -0.1) is 0 Å². The summed E-state index contributed by atoms with van der Waals surface area (Å²) >= 11 is 3.15. The molecule has 1 aromatic carbocycles. The molecular weight excluding hydrogens is 337 g/mol. The molecule has 0 aliphatic heterocycles. The third kappa shape index (κ3) is 3.27. The summed E-state index contributed by atoms with van der Waals surface area (Å²) in [4.78, 5) is 3.80. The van der Waals surface area contributed by atoms with Crippen LogP contribution in [-0.2, 0) is 6.18 Å². The molecule has 3 nitrogen and oxygen atoms in total. The number of nitriles is 1. The number of hydrogen-bond donors (Lipinski definition) is 0. The minimum Gasteiger partial charge on any atom is -0.455 e. The molecule has 0 atom stereocenters. The lowest BCUT2D eigenvalue weighted by Crippen LogP contribution is -2.07. The lowest BCUT2D eigenvalue weighted by Gasteiger charge is -2.13. The third-order valence-corrected chi connectivity index (χ3v) is 2.76. The second kappa shape index (κ2) is 5.51. The lowest BCUT2D eigenvalue weighted by molar-refractivity contribution is -0.138. The van der Waals surface area contributed by atoms with Gasteiger partial charge in [0.2, 0.25) is 0 Å². The van der Waals surface area contributed by atoms with Gasteiger partial charge in [-0.2, -0.15) is 18.4 Å². The van der Waals surface area contributed by atoms with Crippen LogP contribution in [0.15, 0.2) is 41.1 Å². The van der Waals surface area contributed by atoms with E-state index in [1.807, 2.05) is 0 Å². The molecule has 7 heteroatoms. The summed E-state index contributed by atoms with van der Waals surface area (Å²) in [5, 5.41) is 8.67. The Morgan fingerprint density at radius 1 is 1.20 bits per heavy atom. The van der Waals surface area contributed by atoms with Gasteiger partial charge in [-0.05, 0) is 40.2 Å². The molecule has 0 saturated carbocycles. The van der Waals surface area contributed by atoms with E-state index in [2.05, 4.69) is 20.9 Å². The van der Waals surface area contributed by atoms with Crippen molar-refractivity contribution in [3.8, 4) is 17.6 Å². The fraction of sp³-hybridized carbons (Fsp3) is 0.0769. The summed E-state index contributed by atoms with van der Waals surface area (Å²) in [5.41, 5.74) is -1.09. The molecule has 1 heterocycles. The number of ether oxygens (including phenoxy) is 1. The lowest BCUT2D eigenvalue weighted by atomic mass is 10.1. The molecule has 0 saturated heterocycles. The maximum Gasteiger partial charge on any atom is 0.420 e. The number of hydrogen-bond acceptors (Lipinski definition) is 3. The number of benzene rings is 1. The molecule has 0 N–H and O–H groups in total. The Kier molecular flexibility index (Phi) is 3.95. The van der Waals surface area contributed by atoms with E-state index in [-0.39, 0.29) is 17.1 Å². The fourth-order valence-electron chi connectivity index (χ4n) is 1.49. The number of rotatable bonds is 2. The molecule has 1 aromatic heterocycles. The Labute approximate surface area is 120 Å². The molecule has 0 spiro atoms. The first kappa shape index (κ1) is 14.3. The average molecular weight is 343 g/mol. The molecule has 0 aliphatic carbocycles. The van der Waals surface area contributed by atoms with E-state index in [4.69, 9.17) is 10.00 Å². The highest BCUT2D eigenvalue weighted by Gasteiger charge is 2.35. The quantitative estimate of drug-likeness (QED) is 0.805. The third-order valence-electron chi connectivity index (χ3n) is 2.32. The van der Waals surface area contributed by atoms with Gasteiger partial charge in [0.1, 0.15) is 11.5 Å². The van der Waals surface area contributed by atoms with Crippen molar-refractivity contribution in [2.75, 3.05) is 0 Å². The first-order chi connectivity index (χ1) is 9.40. The van der Waals surface area contributed by atoms with Gasteiger partial charge < -0.3 is 4.74 Å². The predicted octanol–water partition coefficient (Wildman–Crippen LogP) is 4.53. The topological polar surface area (TPSA) is 45.9 Å². The van der Waals surface area contributed by atoms with Gasteiger partial charge in [0.25, 0.3) is 0 Å². The minimum atomic E-state index is -4.61. The van der Waals surface area contributed by atoms with Crippen molar-refractivity contribution in [1.82, 2.24) is 4.98 Å². The average Bonchev–Trinajstić information content (AvgIpc) is 2.38. The van der Waals surface area contributed by atoms with E-state index in [9.17, 15) is 13.2 Å². The summed E-state index contributed by atoms with van der Waals surface area (Å²) in [6.45, 7) is 0. The second-order valence-corrected chi connectivity index (χ2v) is 4.68. The minimum absolute atomic E-state index is 0.0861. The number of pyridine rings is 1. The maximum absolute atomic E-state index is 12.9. The first-order valence-corrected chi connectivity index (χ1v) is 6.09. The van der Waals surface area contributed by atoms with Crippen LogP contribution >= 0.6 is 15.9 Å². The van der Waals surface area contributed by atoms with Crippen LogP contribution in [0.2, 0.25) is 0 Å². The van der Waals surface area contributed by atoms with Crippen LogP contribution < -0.4 is 4.74 Å². The molecule has 2 aromatic rings. The van der Waals surface area contributed by atoms with E-state index in [0.717, 1.165) is 12.1 Å². The zero-order chi connectivity index (χ0) is 14.8. The smallest absolute Gasteiger partial charge is 0.420 e. The van der Waals surface area contributed by atoms with Crippen LogP contribution in [0.3, 0.4) is 0 Å². The highest BCUT2D eigenvalue weighted by atomic mass is 79.9. The number of halogens is 4. The fourth-order valence-corrected chi connectivity index (χ4v) is 1.83. The second-order valence-electron chi connectivity index (χ2n) is 3.76. The monoisotopic (exact) mass is 342 g/mol. The molecular formula is C13H6BrF3N2O. The van der Waals surface area contributed by atoms with E-state index in [1.165, 1.54) is 24.5 Å². The van der Waals surface area contributed by atoms with Gasteiger partial charge in [0, 0.05) is 10.7 Å². The van der Waals surface area contributed by atoms with Gasteiger partial charge in [-0.25, -0.2) is 0 Å². The number of aromatic nitrogens is 1. The summed E-state index contributed by atoms with van der Waals surface area (Å²) in [6.07, 6.45) is -1.83. The molecule has 0 radical (unpaired) electrons. The summed E-state index contributed by atoms with van der Waals surface area (Å²) < 4.78 is 44.6. The van der Waals surface area contributed by atoms with E-state index < -0.39 is 11.7 Å². The van der Waals surface area contributed by atoms with E-state index in [1.54, 1.807) is 6.07 Å². The molecule has 20 heavy (non-hydrogen) atoms. The van der Waals surface area contributed by atoms with Gasteiger partial charge >= 0.3 is 6.18 Å². The zero-order valence-corrected chi connectivity index (χ0v) is 11.4. The Hall–Kier alpha value is -2.07. The highest BCUT2D eigenvalue weighted by molar-refractivity contribution is 9.10. The number of alkyl halides is 3. The van der Waals surface area contributed by atoms with Crippen molar-refractivity contribution in [3.05, 3.63) is 52.3 Å². The predicted molar refractivity (Wildman–Crippen MR) is 68.2 cm³/mol. The van der Waals surface area contributed by atoms with Crippen molar-refractivity contribution >= 4 is 15.9 Å². The van der Waals surface area contributed by atoms with Gasteiger partial charge in [-0.3, -0.25) is 4.98 Å². The number of nitrogens with zero attached hydrogens (tertiary/aromatic N) is 2. The van der Waals surface area contributed by atoms with Crippen molar-refractivity contribution in [3.63, 3.8) is 0 Å². The molecule has 0 fully saturated rings. The normalized spacial score (nSPS) is 10.9. The van der Waals surface area contributed by atoms with Crippen LogP contribution in [0.25, 0.3) is 0 Å². The standard InChI is InChI=1S/C13H6BrF3N2O/c14-9-4-10(7-19-6-9)20-12-2-1-8(5-18)3-11(12)13(15,16)17/h1-4,6-7H. The van der Waals surface area contributed by atoms with Crippen molar-refractivity contribution in [2.24, 2.45) is 0 Å². The Morgan fingerprint density at radius 3 is 2.55 bits per heavy atom. The van der Waals surface area contributed by atoms with Crippen LogP contribution in [0, 0.1) is 11.3 Å². The van der Waals surface area contributed by atoms with Crippen LogP contribution in [-0.4, -0.2) is 4.98 Å². The van der Waals surface area contributed by atoms with Gasteiger partial charge in [0.15, 0.2) is 0 Å². The van der Waals surface area contributed by atoms with Gasteiger partial charge in [0.05, 0.1) is 23.4 Å². The largest absolute Gasteiger partial charge is 0.455 e. The van der Waals surface area contributed by atoms with E-state index >= 15 is 0 Å². The molecule has 102 valence electrons. The van der Waals surface area contributed by atoms with Crippen molar-refractivity contribution in [1.29, 1.82) is 5.26 Å². The first-order valence-electron chi connectivity index (χ1n) is 5.30. The maximum atomic E-state index is 12.9. The van der Waals surface area contributed by atoms with Crippen molar-refractivity contribution in [2.45, 2.75) is 6.18 Å². The Morgan fingerprint density at radius 2 is 1.95 bits per heavy atom. The molecule has 0 unspecified atom stereocenters.